The van der Waals surface area contributed by atoms with Crippen molar-refractivity contribution in [3.8, 4) is 0 Å². The highest BCUT2D eigenvalue weighted by atomic mass is 32.1. The number of hydrogen-bond acceptors (Lipinski definition) is 4. The molecule has 1 aromatic rings. The van der Waals surface area contributed by atoms with E-state index in [0.717, 1.165) is 64.7 Å². The number of piperidine rings is 2. The lowest BCUT2D eigenvalue weighted by atomic mass is 9.93. The Morgan fingerprint density at radius 3 is 2.52 bits per heavy atom. The van der Waals surface area contributed by atoms with Gasteiger partial charge in [0.15, 0.2) is 0 Å². The predicted octanol–water partition coefficient (Wildman–Crippen LogP) is 2.79. The molecule has 4 rings (SSSR count). The lowest BCUT2D eigenvalue weighted by Crippen LogP contribution is -2.51. The maximum atomic E-state index is 12.6. The van der Waals surface area contributed by atoms with Crippen molar-refractivity contribution < 1.29 is 9.59 Å². The first-order chi connectivity index (χ1) is 13.1. The first-order valence-electron chi connectivity index (χ1n) is 10.5. The molecular formula is C21H31N3O2S. The Morgan fingerprint density at radius 2 is 1.85 bits per heavy atom. The molecule has 1 aromatic heterocycles. The van der Waals surface area contributed by atoms with Crippen LogP contribution in [0, 0.1) is 18.8 Å². The van der Waals surface area contributed by atoms with Crippen LogP contribution in [0.2, 0.25) is 0 Å². The van der Waals surface area contributed by atoms with Gasteiger partial charge in [0.2, 0.25) is 11.8 Å². The summed E-state index contributed by atoms with van der Waals surface area (Å²) in [5.74, 6) is 1.02. The minimum absolute atomic E-state index is 0.103. The van der Waals surface area contributed by atoms with Crippen LogP contribution in [0.25, 0.3) is 0 Å². The fourth-order valence-corrected chi connectivity index (χ4v) is 5.32. The molecule has 0 unspecified atom stereocenters. The van der Waals surface area contributed by atoms with Crippen LogP contribution < -0.4 is 5.32 Å². The molecule has 0 aromatic carbocycles. The van der Waals surface area contributed by atoms with E-state index in [0.29, 0.717) is 24.4 Å². The first-order valence-corrected chi connectivity index (χ1v) is 11.3. The Balaban J connectivity index is 1.24. The summed E-state index contributed by atoms with van der Waals surface area (Å²) in [6.45, 7) is 6.50. The van der Waals surface area contributed by atoms with Crippen LogP contribution in [0.1, 0.15) is 48.3 Å². The van der Waals surface area contributed by atoms with Gasteiger partial charge in [-0.3, -0.25) is 14.5 Å². The molecule has 0 radical (unpaired) electrons. The second-order valence-electron chi connectivity index (χ2n) is 8.39. The van der Waals surface area contributed by atoms with Gasteiger partial charge in [0, 0.05) is 41.3 Å². The van der Waals surface area contributed by atoms with E-state index < -0.39 is 0 Å². The van der Waals surface area contributed by atoms with Gasteiger partial charge in [0.05, 0.1) is 12.5 Å². The van der Waals surface area contributed by atoms with Crippen LogP contribution in [-0.2, 0) is 16.1 Å². The summed E-state index contributed by atoms with van der Waals surface area (Å²) in [7, 11) is 0. The molecule has 3 aliphatic rings. The lowest BCUT2D eigenvalue weighted by Gasteiger charge is -2.42. The van der Waals surface area contributed by atoms with Crippen molar-refractivity contribution in [3.05, 3.63) is 21.9 Å². The van der Waals surface area contributed by atoms with Gasteiger partial charge in [-0.2, -0.15) is 0 Å². The molecule has 2 aliphatic heterocycles. The standard InChI is InChI=1S/C21H31N3O2S/c1-15-4-7-19(27-15)13-22-20(25)17-3-2-10-24(14-17)18-8-11-23(12-9-18)21(26)16-5-6-16/h4,7,16-18H,2-3,5-6,8-14H2,1H3,(H,22,25)/t17-/m1/s1. The molecule has 0 bridgehead atoms. The number of aryl methyl sites for hydroxylation is 1. The average molecular weight is 390 g/mol. The zero-order valence-corrected chi connectivity index (χ0v) is 17.1. The van der Waals surface area contributed by atoms with Crippen LogP contribution in [0.4, 0.5) is 0 Å². The van der Waals surface area contributed by atoms with E-state index in [2.05, 4.69) is 34.2 Å². The molecule has 2 amide bonds. The largest absolute Gasteiger partial charge is 0.351 e. The van der Waals surface area contributed by atoms with Gasteiger partial charge in [-0.05, 0) is 64.1 Å². The minimum atomic E-state index is 0.103. The van der Waals surface area contributed by atoms with Gasteiger partial charge in [-0.15, -0.1) is 11.3 Å². The van der Waals surface area contributed by atoms with Gasteiger partial charge >= 0.3 is 0 Å². The normalized spacial score (nSPS) is 24.8. The number of nitrogens with one attached hydrogen (secondary N) is 1. The van der Waals surface area contributed by atoms with E-state index in [9.17, 15) is 9.59 Å². The number of nitrogens with zero attached hydrogens (tertiary/aromatic N) is 2. The third-order valence-corrected chi connectivity index (χ3v) is 7.28. The molecular weight excluding hydrogens is 358 g/mol. The highest BCUT2D eigenvalue weighted by Gasteiger charge is 2.37. The molecule has 3 heterocycles. The number of carbonyl (C=O) groups is 2. The number of amides is 2. The smallest absolute Gasteiger partial charge is 0.225 e. The van der Waals surface area contributed by atoms with Crippen molar-refractivity contribution in [2.45, 2.75) is 58.0 Å². The molecule has 148 valence electrons. The quantitative estimate of drug-likeness (QED) is 0.843. The fourth-order valence-electron chi connectivity index (χ4n) is 4.49. The number of carbonyl (C=O) groups excluding carboxylic acids is 2. The molecule has 0 spiro atoms. The monoisotopic (exact) mass is 389 g/mol. The fraction of sp³-hybridized carbons (Fsp3) is 0.714. The van der Waals surface area contributed by atoms with Crippen molar-refractivity contribution in [1.29, 1.82) is 0 Å². The van der Waals surface area contributed by atoms with Gasteiger partial charge in [0.25, 0.3) is 0 Å². The number of thiophene rings is 1. The molecule has 6 heteroatoms. The van der Waals surface area contributed by atoms with E-state index in [4.69, 9.17) is 0 Å². The number of likely N-dealkylation sites (tertiary alicyclic amines) is 2. The second kappa shape index (κ2) is 8.31. The lowest BCUT2D eigenvalue weighted by molar-refractivity contribution is -0.134. The van der Waals surface area contributed by atoms with Gasteiger partial charge in [-0.1, -0.05) is 0 Å². The van der Waals surface area contributed by atoms with Gasteiger partial charge in [-0.25, -0.2) is 0 Å². The van der Waals surface area contributed by atoms with Crippen molar-refractivity contribution in [1.82, 2.24) is 15.1 Å². The second-order valence-corrected chi connectivity index (χ2v) is 9.77. The van der Waals surface area contributed by atoms with E-state index in [1.807, 2.05) is 0 Å². The Bertz CT molecular complexity index is 677. The summed E-state index contributed by atoms with van der Waals surface area (Å²) < 4.78 is 0. The Hall–Kier alpha value is -1.40. The molecule has 1 aliphatic carbocycles. The zero-order chi connectivity index (χ0) is 18.8. The van der Waals surface area contributed by atoms with Crippen LogP contribution in [0.15, 0.2) is 12.1 Å². The van der Waals surface area contributed by atoms with E-state index in [-0.39, 0.29) is 11.8 Å². The SMILES string of the molecule is Cc1ccc(CNC(=O)[C@@H]2CCCN(C3CCN(C(=O)C4CC4)CC3)C2)s1. The summed E-state index contributed by atoms with van der Waals surface area (Å²) in [6, 6.07) is 4.74. The van der Waals surface area contributed by atoms with Crippen molar-refractivity contribution in [2.75, 3.05) is 26.2 Å². The molecule has 1 atom stereocenters. The minimum Gasteiger partial charge on any atom is -0.351 e. The topological polar surface area (TPSA) is 52.7 Å². The highest BCUT2D eigenvalue weighted by molar-refractivity contribution is 7.11. The summed E-state index contributed by atoms with van der Waals surface area (Å²) in [6.07, 6.45) is 6.38. The molecule has 1 N–H and O–H groups in total. The highest BCUT2D eigenvalue weighted by Crippen LogP contribution is 2.32. The molecule has 2 saturated heterocycles. The zero-order valence-electron chi connectivity index (χ0n) is 16.3. The predicted molar refractivity (Wildman–Crippen MR) is 108 cm³/mol. The van der Waals surface area contributed by atoms with Gasteiger partial charge < -0.3 is 10.2 Å². The number of rotatable bonds is 5. The third-order valence-electron chi connectivity index (χ3n) is 6.28. The molecule has 5 nitrogen and oxygen atoms in total. The average Bonchev–Trinajstić information content (AvgIpc) is 3.47. The summed E-state index contributed by atoms with van der Waals surface area (Å²) in [5, 5.41) is 3.14. The van der Waals surface area contributed by atoms with Crippen LogP contribution in [-0.4, -0.2) is 53.8 Å². The van der Waals surface area contributed by atoms with Crippen molar-refractivity contribution in [3.63, 3.8) is 0 Å². The Kier molecular flexibility index (Phi) is 5.83. The van der Waals surface area contributed by atoms with E-state index in [1.165, 1.54) is 9.75 Å². The maximum Gasteiger partial charge on any atom is 0.225 e. The Labute approximate surface area is 166 Å². The molecule has 1 saturated carbocycles. The van der Waals surface area contributed by atoms with Crippen molar-refractivity contribution in [2.24, 2.45) is 11.8 Å². The number of hydrogen-bond donors (Lipinski definition) is 1. The maximum absolute atomic E-state index is 12.6. The third kappa shape index (κ3) is 4.72. The first kappa shape index (κ1) is 18.9. The van der Waals surface area contributed by atoms with Crippen LogP contribution in [0.3, 0.4) is 0 Å². The van der Waals surface area contributed by atoms with E-state index >= 15 is 0 Å². The van der Waals surface area contributed by atoms with E-state index in [1.54, 1.807) is 11.3 Å². The molecule has 27 heavy (non-hydrogen) atoms. The van der Waals surface area contributed by atoms with Crippen LogP contribution in [0.5, 0.6) is 0 Å². The summed E-state index contributed by atoms with van der Waals surface area (Å²) in [5.41, 5.74) is 0. The van der Waals surface area contributed by atoms with Crippen LogP contribution >= 0.6 is 11.3 Å². The molecule has 3 fully saturated rings. The summed E-state index contributed by atoms with van der Waals surface area (Å²) in [4.78, 5) is 32.0. The van der Waals surface area contributed by atoms with Gasteiger partial charge in [0.1, 0.15) is 0 Å². The van der Waals surface area contributed by atoms with Crippen molar-refractivity contribution >= 4 is 23.2 Å². The summed E-state index contributed by atoms with van der Waals surface area (Å²) >= 11 is 1.75. The Morgan fingerprint density at radius 1 is 1.07 bits per heavy atom.